The Bertz CT molecular complexity index is 4080. The maximum atomic E-state index is 15.0. The van der Waals surface area contributed by atoms with Crippen molar-refractivity contribution in [3.05, 3.63) is 217 Å². The van der Waals surface area contributed by atoms with E-state index < -0.39 is 36.3 Å². The molecule has 1 amide bonds. The summed E-state index contributed by atoms with van der Waals surface area (Å²) in [4.78, 5) is 27.6. The number of carbonyl (C=O) groups is 1. The largest absolute Gasteiger partial charge is 0.457 e. The highest BCUT2D eigenvalue weighted by Gasteiger charge is 2.36. The lowest BCUT2D eigenvalue weighted by Crippen LogP contribution is -2.38. The van der Waals surface area contributed by atoms with Gasteiger partial charge in [-0.1, -0.05) is 169 Å². The number of benzene rings is 8. The number of aromatic nitrogens is 2. The lowest BCUT2D eigenvalue weighted by molar-refractivity contribution is 0.153. The van der Waals surface area contributed by atoms with Gasteiger partial charge in [0.25, 0.3) is 0 Å². The van der Waals surface area contributed by atoms with Gasteiger partial charge < -0.3 is 9.57 Å². The molecular formula is C62H52N4O3. The van der Waals surface area contributed by atoms with Gasteiger partial charge in [0.1, 0.15) is 23.0 Å². The minimum absolute atomic E-state index is 0.0651. The molecule has 0 N–H and O–H groups in total. The number of hydrogen-bond acceptors (Lipinski definition) is 5. The summed E-state index contributed by atoms with van der Waals surface area (Å²) in [7, 11) is 0. The zero-order chi connectivity index (χ0) is 55.3. The van der Waals surface area contributed by atoms with Crippen molar-refractivity contribution in [2.75, 3.05) is 9.96 Å². The Hall–Kier alpha value is -8.42. The minimum Gasteiger partial charge on any atom is -0.457 e. The molecule has 0 saturated carbocycles. The van der Waals surface area contributed by atoms with Crippen LogP contribution in [0.15, 0.2) is 206 Å². The first kappa shape index (κ1) is 34.0. The summed E-state index contributed by atoms with van der Waals surface area (Å²) in [6.07, 6.45) is 0.886. The summed E-state index contributed by atoms with van der Waals surface area (Å²) in [5.74, 6) is 1.20. The zero-order valence-electron chi connectivity index (χ0n) is 47.9. The third-order valence-corrected chi connectivity index (χ3v) is 12.4. The van der Waals surface area contributed by atoms with Crippen molar-refractivity contribution in [3.8, 4) is 50.7 Å². The number of ether oxygens (including phenoxy) is 1. The van der Waals surface area contributed by atoms with Crippen molar-refractivity contribution in [1.82, 2.24) is 9.55 Å². The molecule has 10 aromatic rings. The maximum Gasteiger partial charge on any atom is 0.443 e. The van der Waals surface area contributed by atoms with Crippen LogP contribution in [0.4, 0.5) is 27.5 Å². The monoisotopic (exact) mass is 909 g/mol. The van der Waals surface area contributed by atoms with E-state index in [1.54, 1.807) is 89.6 Å². The molecule has 0 atom stereocenters. The van der Waals surface area contributed by atoms with Crippen molar-refractivity contribution >= 4 is 50.6 Å². The molecule has 0 radical (unpaired) electrons. The predicted octanol–water partition coefficient (Wildman–Crippen LogP) is 16.9. The molecule has 0 fully saturated rings. The zero-order valence-corrected chi connectivity index (χ0v) is 38.9. The third-order valence-electron chi connectivity index (χ3n) is 12.4. The summed E-state index contributed by atoms with van der Waals surface area (Å²) in [5.41, 5.74) is 7.15. The minimum atomic E-state index is -0.808. The second-order valence-electron chi connectivity index (χ2n) is 19.1. The third kappa shape index (κ3) is 8.06. The van der Waals surface area contributed by atoms with Crippen molar-refractivity contribution in [2.24, 2.45) is 0 Å². The van der Waals surface area contributed by atoms with Crippen LogP contribution in [0.5, 0.6) is 11.5 Å². The summed E-state index contributed by atoms with van der Waals surface area (Å²) in [5, 5.41) is 2.32. The molecular weight excluding hydrogens is 849 g/mol. The molecule has 0 bridgehead atoms. The standard InChI is InChI=1S/C62H52N4O3/c1-61(2,3)45-33-34-63-58(38-45)65-54-28-14-13-25-52(54)53-32-31-49(40-57(53)65)68-48-24-17-23-47(39-48)64-55-29-15-16-30-56(55)66(69-60(64)67)59-50(42-21-11-8-12-22-42)26-18-27-51(59)44-35-43(41-19-9-7-10-20-41)36-46(37-44)62(4,5)6/h7-40H,1-6H3/i8D,11D,12D,13D,14D,21D,22D,25D,28D. The van der Waals surface area contributed by atoms with Crippen LogP contribution < -0.4 is 14.7 Å². The summed E-state index contributed by atoms with van der Waals surface area (Å²) >= 11 is 0. The maximum absolute atomic E-state index is 15.0. The number of carbonyl (C=O) groups excluding carboxylic acids is 1. The molecule has 3 heterocycles. The lowest BCUT2D eigenvalue weighted by atomic mass is 9.82. The second kappa shape index (κ2) is 17.0. The number of rotatable bonds is 8. The van der Waals surface area contributed by atoms with E-state index >= 15 is 4.79 Å². The van der Waals surface area contributed by atoms with Gasteiger partial charge in [0.05, 0.1) is 40.4 Å². The molecule has 7 nitrogen and oxygen atoms in total. The van der Waals surface area contributed by atoms with E-state index in [9.17, 15) is 2.74 Å². The highest BCUT2D eigenvalue weighted by atomic mass is 16.7. The second-order valence-corrected chi connectivity index (χ2v) is 19.1. The van der Waals surface area contributed by atoms with Crippen LogP contribution in [0, 0.1) is 0 Å². The number of anilines is 4. The summed E-state index contributed by atoms with van der Waals surface area (Å²) in [6, 6.07) is 41.3. The predicted molar refractivity (Wildman–Crippen MR) is 282 cm³/mol. The highest BCUT2D eigenvalue weighted by molar-refractivity contribution is 6.10. The topological polar surface area (TPSA) is 59.8 Å². The summed E-state index contributed by atoms with van der Waals surface area (Å²) < 4.78 is 87.7. The first-order valence-corrected chi connectivity index (χ1v) is 22.7. The van der Waals surface area contributed by atoms with Crippen molar-refractivity contribution in [3.63, 3.8) is 0 Å². The highest BCUT2D eigenvalue weighted by Crippen LogP contribution is 2.50. The molecule has 0 aliphatic carbocycles. The Labute approximate surface area is 416 Å². The van der Waals surface area contributed by atoms with E-state index in [0.717, 1.165) is 27.8 Å². The normalized spacial score (nSPS) is 14.7. The average Bonchev–Trinajstić information content (AvgIpc) is 3.90. The summed E-state index contributed by atoms with van der Waals surface area (Å²) in [6.45, 7) is 12.6. The molecule has 8 aromatic carbocycles. The van der Waals surface area contributed by atoms with Crippen LogP contribution in [-0.2, 0) is 15.7 Å². The van der Waals surface area contributed by atoms with Crippen molar-refractivity contribution in [1.29, 1.82) is 0 Å². The van der Waals surface area contributed by atoms with Gasteiger partial charge in [-0.2, -0.15) is 5.06 Å². The number of para-hydroxylation sites is 4. The van der Waals surface area contributed by atoms with Crippen molar-refractivity contribution < 1.29 is 26.7 Å². The van der Waals surface area contributed by atoms with Gasteiger partial charge in [0, 0.05) is 40.2 Å². The van der Waals surface area contributed by atoms with E-state index in [4.69, 9.17) is 24.2 Å². The molecule has 1 aliphatic heterocycles. The Morgan fingerprint density at radius 2 is 1.22 bits per heavy atom. The van der Waals surface area contributed by atoms with Gasteiger partial charge in [0.2, 0.25) is 0 Å². The fourth-order valence-electron chi connectivity index (χ4n) is 8.92. The Kier molecular flexibility index (Phi) is 8.38. The molecule has 11 rings (SSSR count). The number of nitrogens with zero attached hydrogens (tertiary/aromatic N) is 4. The van der Waals surface area contributed by atoms with E-state index in [-0.39, 0.29) is 57.3 Å². The molecule has 69 heavy (non-hydrogen) atoms. The van der Waals surface area contributed by atoms with E-state index in [1.165, 1.54) is 9.96 Å². The van der Waals surface area contributed by atoms with Gasteiger partial charge in [-0.3, -0.25) is 4.57 Å². The first-order valence-electron chi connectivity index (χ1n) is 27.2. The number of pyridine rings is 1. The van der Waals surface area contributed by atoms with Crippen LogP contribution in [0.25, 0.3) is 61.0 Å². The smallest absolute Gasteiger partial charge is 0.443 e. The molecule has 7 heteroatoms. The Balaban J connectivity index is 1.04. The van der Waals surface area contributed by atoms with Gasteiger partial charge >= 0.3 is 6.09 Å². The van der Waals surface area contributed by atoms with Gasteiger partial charge in [-0.05, 0) is 105 Å². The average molecular weight is 910 g/mol. The van der Waals surface area contributed by atoms with Crippen LogP contribution in [0.1, 0.15) is 65.0 Å². The van der Waals surface area contributed by atoms with Gasteiger partial charge in [-0.15, -0.1) is 0 Å². The molecule has 338 valence electrons. The molecule has 0 spiro atoms. The van der Waals surface area contributed by atoms with Crippen LogP contribution >= 0.6 is 0 Å². The van der Waals surface area contributed by atoms with Crippen LogP contribution in [0.2, 0.25) is 0 Å². The SMILES string of the molecule is [2H]c1c([2H])c([2H])c(-c2cccc(-c3cc(-c4ccccc4)cc(C(C)(C)C)c3)c2N2OC(=O)N(c3cccc(Oc4ccc5c6c([2H])c([2H])c([2H])c([2H])c6n(-c6cc(C(C)(C)C)ccn6)c5c4)c3)c3ccccc32)c([2H])c1[2H]. The molecule has 2 aromatic heterocycles. The quantitative estimate of drug-likeness (QED) is 0.152. The Morgan fingerprint density at radius 3 is 2.00 bits per heavy atom. The van der Waals surface area contributed by atoms with Crippen LogP contribution in [0.3, 0.4) is 0 Å². The number of amides is 1. The fraction of sp³-hybridized carbons (Fsp3) is 0.129. The first-order chi connectivity index (χ1) is 37.1. The van der Waals surface area contributed by atoms with Crippen molar-refractivity contribution in [2.45, 2.75) is 52.4 Å². The molecule has 0 unspecified atom stereocenters. The lowest BCUT2D eigenvalue weighted by Gasteiger charge is -2.37. The van der Waals surface area contributed by atoms with Crippen LogP contribution in [-0.4, -0.2) is 15.6 Å². The molecule has 1 aliphatic rings. The van der Waals surface area contributed by atoms with Gasteiger partial charge in [-0.25, -0.2) is 14.7 Å². The van der Waals surface area contributed by atoms with E-state index in [1.807, 2.05) is 54.6 Å². The number of fused-ring (bicyclic) bond motifs is 4. The van der Waals surface area contributed by atoms with E-state index in [0.29, 0.717) is 56.2 Å². The fourth-order valence-corrected chi connectivity index (χ4v) is 8.92. The number of hydrogen-bond donors (Lipinski definition) is 0. The Morgan fingerprint density at radius 1 is 0.536 bits per heavy atom. The van der Waals surface area contributed by atoms with E-state index in [2.05, 4.69) is 53.7 Å². The molecule has 0 saturated heterocycles. The van der Waals surface area contributed by atoms with Gasteiger partial charge in [0.15, 0.2) is 0 Å².